The first-order chi connectivity index (χ1) is 13.9. The Morgan fingerprint density at radius 2 is 1.87 bits per heavy atom. The number of hydrogen-bond donors (Lipinski definition) is 1. The maximum Gasteiger partial charge on any atom is 0.302 e. The van der Waals surface area contributed by atoms with Crippen LogP contribution < -0.4 is 0 Å². The van der Waals surface area contributed by atoms with Crippen molar-refractivity contribution in [3.63, 3.8) is 0 Å². The highest BCUT2D eigenvalue weighted by Crippen LogP contribution is 2.65. The van der Waals surface area contributed by atoms with E-state index in [4.69, 9.17) is 9.47 Å². The lowest BCUT2D eigenvalue weighted by atomic mass is 9.59. The third kappa shape index (κ3) is 3.83. The van der Waals surface area contributed by atoms with E-state index in [2.05, 4.69) is 20.4 Å². The summed E-state index contributed by atoms with van der Waals surface area (Å²) in [5, 5.41) is 11.0. The summed E-state index contributed by atoms with van der Waals surface area (Å²) in [5.41, 5.74) is 0.477. The fourth-order valence-corrected chi connectivity index (χ4v) is 6.86. The van der Waals surface area contributed by atoms with Gasteiger partial charge >= 0.3 is 11.9 Å². The van der Waals surface area contributed by atoms with E-state index in [-0.39, 0.29) is 47.9 Å². The first-order valence-corrected chi connectivity index (χ1v) is 11.1. The van der Waals surface area contributed by atoms with Crippen LogP contribution >= 0.6 is 0 Å². The number of Topliss-reactive ketones (excluding diaryl/α,β-unsaturated/α-hetero) is 1. The zero-order valence-electron chi connectivity index (χ0n) is 18.9. The molecule has 3 saturated carbocycles. The summed E-state index contributed by atoms with van der Waals surface area (Å²) in [6.45, 7) is 13.8. The van der Waals surface area contributed by atoms with Crippen LogP contribution in [0.4, 0.5) is 0 Å². The van der Waals surface area contributed by atoms with Crippen molar-refractivity contribution >= 4 is 17.7 Å². The number of esters is 2. The van der Waals surface area contributed by atoms with E-state index in [1.54, 1.807) is 0 Å². The zero-order valence-corrected chi connectivity index (χ0v) is 18.9. The van der Waals surface area contributed by atoms with Crippen molar-refractivity contribution in [2.75, 3.05) is 6.61 Å². The molecule has 0 amide bonds. The number of carbonyl (C=O) groups excluding carboxylic acids is 3. The third-order valence-electron chi connectivity index (χ3n) is 8.17. The van der Waals surface area contributed by atoms with Crippen LogP contribution in [0.2, 0.25) is 0 Å². The van der Waals surface area contributed by atoms with Gasteiger partial charge in [-0.15, -0.1) is 0 Å². The van der Waals surface area contributed by atoms with Gasteiger partial charge in [-0.25, -0.2) is 0 Å². The van der Waals surface area contributed by atoms with E-state index in [0.717, 1.165) is 24.8 Å². The van der Waals surface area contributed by atoms with Gasteiger partial charge in [-0.2, -0.15) is 0 Å². The minimum Gasteiger partial charge on any atom is -0.466 e. The number of fused-ring (bicyclic) bond motifs is 1. The van der Waals surface area contributed by atoms with Gasteiger partial charge in [0.1, 0.15) is 12.2 Å². The molecule has 0 radical (unpaired) electrons. The van der Waals surface area contributed by atoms with Gasteiger partial charge in [0, 0.05) is 37.5 Å². The zero-order chi connectivity index (χ0) is 22.4. The number of allylic oxidation sites excluding steroid dienone is 1. The first kappa shape index (κ1) is 23.0. The summed E-state index contributed by atoms with van der Waals surface area (Å²) in [4.78, 5) is 36.0. The Morgan fingerprint density at radius 3 is 2.47 bits per heavy atom. The summed E-state index contributed by atoms with van der Waals surface area (Å²) < 4.78 is 11.1. The Bertz CT molecular complexity index is 740. The van der Waals surface area contributed by atoms with Gasteiger partial charge < -0.3 is 14.6 Å². The van der Waals surface area contributed by atoms with Crippen LogP contribution in [0.3, 0.4) is 0 Å². The van der Waals surface area contributed by atoms with Crippen LogP contribution in [0.15, 0.2) is 12.2 Å². The van der Waals surface area contributed by atoms with Crippen molar-refractivity contribution in [3.8, 4) is 0 Å². The number of ether oxygens (including phenoxy) is 2. The van der Waals surface area contributed by atoms with E-state index in [0.29, 0.717) is 6.42 Å². The monoisotopic (exact) mass is 420 g/mol. The van der Waals surface area contributed by atoms with Crippen molar-refractivity contribution < 1.29 is 29.0 Å². The molecule has 0 heterocycles. The lowest BCUT2D eigenvalue weighted by molar-refractivity contribution is -0.160. The molecule has 3 aliphatic carbocycles. The molecule has 0 aromatic carbocycles. The quantitative estimate of drug-likeness (QED) is 0.553. The van der Waals surface area contributed by atoms with Crippen LogP contribution in [0, 0.1) is 34.5 Å². The Kier molecular flexibility index (Phi) is 6.21. The van der Waals surface area contributed by atoms with Gasteiger partial charge in [-0.05, 0) is 42.9 Å². The second kappa shape index (κ2) is 8.10. The predicted octanol–water partition coefficient (Wildman–Crippen LogP) is 3.46. The minimum atomic E-state index is -1.16. The van der Waals surface area contributed by atoms with Gasteiger partial charge in [0.05, 0.1) is 6.61 Å². The molecule has 0 bridgehead atoms. The molecule has 3 rings (SSSR count). The Labute approximate surface area is 179 Å². The fraction of sp³-hybridized carbons (Fsp3) is 0.792. The largest absolute Gasteiger partial charge is 0.466 e. The summed E-state index contributed by atoms with van der Waals surface area (Å²) in [5.74, 6) is -1.52. The normalized spacial score (nSPS) is 40.6. The van der Waals surface area contributed by atoms with E-state index < -0.39 is 29.5 Å². The van der Waals surface area contributed by atoms with E-state index in [1.165, 1.54) is 13.8 Å². The maximum absolute atomic E-state index is 12.6. The molecule has 168 valence electrons. The van der Waals surface area contributed by atoms with Gasteiger partial charge in [0.15, 0.2) is 5.78 Å². The van der Waals surface area contributed by atoms with Gasteiger partial charge in [-0.3, -0.25) is 14.4 Å². The van der Waals surface area contributed by atoms with Crippen LogP contribution in [-0.4, -0.2) is 41.6 Å². The van der Waals surface area contributed by atoms with Gasteiger partial charge in [0.2, 0.25) is 0 Å². The highest BCUT2D eigenvalue weighted by Gasteiger charge is 2.65. The van der Waals surface area contributed by atoms with Gasteiger partial charge in [0.25, 0.3) is 0 Å². The average molecular weight is 421 g/mol. The molecule has 3 aliphatic rings. The lowest BCUT2D eigenvalue weighted by Gasteiger charge is -2.46. The molecule has 3 fully saturated rings. The van der Waals surface area contributed by atoms with Crippen molar-refractivity contribution in [1.82, 2.24) is 0 Å². The van der Waals surface area contributed by atoms with Gasteiger partial charge in [-0.1, -0.05) is 32.9 Å². The van der Waals surface area contributed by atoms with Crippen molar-refractivity contribution in [2.45, 2.75) is 78.9 Å². The SMILES string of the molecule is C=C1CCCC(C)(C)[C@@H]2C[C@H](OC(C)=O)[C@@](C)([C@H]3[C@H](COC(C)=O)CC(=O)[C@@H]3O)[C@H]12. The molecule has 6 heteroatoms. The van der Waals surface area contributed by atoms with E-state index >= 15 is 0 Å². The van der Waals surface area contributed by atoms with Crippen molar-refractivity contribution in [1.29, 1.82) is 0 Å². The summed E-state index contributed by atoms with van der Waals surface area (Å²) in [6.07, 6.45) is 2.25. The molecule has 0 aromatic rings. The fourth-order valence-electron chi connectivity index (χ4n) is 6.86. The highest BCUT2D eigenvalue weighted by atomic mass is 16.5. The average Bonchev–Trinajstić information content (AvgIpc) is 3.03. The van der Waals surface area contributed by atoms with Crippen LogP contribution in [-0.2, 0) is 23.9 Å². The molecule has 0 saturated heterocycles. The number of carbonyl (C=O) groups is 3. The Morgan fingerprint density at radius 1 is 1.20 bits per heavy atom. The van der Waals surface area contributed by atoms with Crippen molar-refractivity contribution in [3.05, 3.63) is 12.2 Å². The lowest BCUT2D eigenvalue weighted by Crippen LogP contribution is -2.49. The Hall–Kier alpha value is -1.69. The second-order valence-corrected chi connectivity index (χ2v) is 10.5. The van der Waals surface area contributed by atoms with Crippen molar-refractivity contribution in [2.24, 2.45) is 34.5 Å². The standard InChI is InChI=1S/C24H36O6/c1-13-8-7-9-23(4,5)17-11-19(30-15(3)26)24(6,20(13)17)21-16(12-29-14(2)25)10-18(27)22(21)28/h16-17,19-22,28H,1,7-12H2,2-6H3/t16-,17+,19-,20+,21-,22-,24+/m0/s1. The summed E-state index contributed by atoms with van der Waals surface area (Å²) >= 11 is 0. The molecule has 0 aliphatic heterocycles. The van der Waals surface area contributed by atoms with E-state index in [1.807, 2.05) is 6.92 Å². The number of rotatable bonds is 4. The maximum atomic E-state index is 12.6. The molecular weight excluding hydrogens is 384 g/mol. The second-order valence-electron chi connectivity index (χ2n) is 10.5. The Balaban J connectivity index is 2.09. The molecule has 7 atom stereocenters. The molecule has 0 unspecified atom stereocenters. The minimum absolute atomic E-state index is 0.0183. The highest BCUT2D eigenvalue weighted by molar-refractivity contribution is 5.86. The summed E-state index contributed by atoms with van der Waals surface area (Å²) in [6, 6.07) is 0. The first-order valence-electron chi connectivity index (χ1n) is 11.1. The molecule has 1 N–H and O–H groups in total. The third-order valence-corrected chi connectivity index (χ3v) is 8.17. The molecule has 0 aromatic heterocycles. The predicted molar refractivity (Wildman–Crippen MR) is 111 cm³/mol. The molecule has 6 nitrogen and oxygen atoms in total. The number of hydrogen-bond acceptors (Lipinski definition) is 6. The smallest absolute Gasteiger partial charge is 0.302 e. The molecular formula is C24H36O6. The number of ketones is 1. The van der Waals surface area contributed by atoms with Crippen LogP contribution in [0.25, 0.3) is 0 Å². The number of aliphatic hydroxyl groups is 1. The molecule has 0 spiro atoms. The number of aliphatic hydroxyl groups excluding tert-OH is 1. The van der Waals surface area contributed by atoms with Crippen LogP contribution in [0.1, 0.15) is 66.7 Å². The summed E-state index contributed by atoms with van der Waals surface area (Å²) in [7, 11) is 0. The van der Waals surface area contributed by atoms with E-state index in [9.17, 15) is 19.5 Å². The molecule has 30 heavy (non-hydrogen) atoms. The topological polar surface area (TPSA) is 89.9 Å². The van der Waals surface area contributed by atoms with Crippen LogP contribution in [0.5, 0.6) is 0 Å².